The zero-order chi connectivity index (χ0) is 16.2. The van der Waals surface area contributed by atoms with Crippen molar-refractivity contribution in [2.45, 2.75) is 13.3 Å². The molecule has 0 bridgehead atoms. The number of ether oxygens (including phenoxy) is 2. The molecule has 1 aromatic carbocycles. The van der Waals surface area contributed by atoms with E-state index in [9.17, 15) is 4.79 Å². The van der Waals surface area contributed by atoms with Gasteiger partial charge in [0.1, 0.15) is 5.75 Å². The van der Waals surface area contributed by atoms with Crippen LogP contribution in [0.5, 0.6) is 5.75 Å². The van der Waals surface area contributed by atoms with Gasteiger partial charge in [-0.1, -0.05) is 12.1 Å². The van der Waals surface area contributed by atoms with Gasteiger partial charge in [-0.25, -0.2) is 0 Å². The molecule has 0 heterocycles. The minimum absolute atomic E-state index is 0.266. The van der Waals surface area contributed by atoms with Gasteiger partial charge >= 0.3 is 0 Å². The summed E-state index contributed by atoms with van der Waals surface area (Å²) in [6.45, 7) is 3.88. The summed E-state index contributed by atoms with van der Waals surface area (Å²) in [5.74, 6) is 0.545. The van der Waals surface area contributed by atoms with Gasteiger partial charge in [0, 0.05) is 26.3 Å². The van der Waals surface area contributed by atoms with E-state index in [4.69, 9.17) is 21.7 Å². The van der Waals surface area contributed by atoms with Crippen molar-refractivity contribution in [3.05, 3.63) is 35.9 Å². The second kappa shape index (κ2) is 10.8. The van der Waals surface area contributed by atoms with E-state index in [0.717, 1.165) is 17.7 Å². The van der Waals surface area contributed by atoms with E-state index >= 15 is 0 Å². The summed E-state index contributed by atoms with van der Waals surface area (Å²) in [7, 11) is 1.64. The molecule has 1 rings (SSSR count). The van der Waals surface area contributed by atoms with Crippen LogP contribution in [0.1, 0.15) is 18.9 Å². The van der Waals surface area contributed by atoms with Crippen LogP contribution in [0, 0.1) is 0 Å². The predicted octanol–water partition coefficient (Wildman–Crippen LogP) is 2.13. The summed E-state index contributed by atoms with van der Waals surface area (Å²) in [6, 6.07) is 7.50. The Kier molecular flexibility index (Phi) is 8.86. The average Bonchev–Trinajstić information content (AvgIpc) is 2.51. The molecule has 120 valence electrons. The Labute approximate surface area is 136 Å². The molecule has 22 heavy (non-hydrogen) atoms. The Hall–Kier alpha value is -1.92. The normalized spacial score (nSPS) is 10.5. The van der Waals surface area contributed by atoms with Crippen LogP contribution in [0.15, 0.2) is 30.3 Å². The molecule has 0 fully saturated rings. The molecule has 2 N–H and O–H groups in total. The summed E-state index contributed by atoms with van der Waals surface area (Å²) >= 11 is 5.02. The minimum Gasteiger partial charge on any atom is -0.494 e. The zero-order valence-corrected chi connectivity index (χ0v) is 13.7. The van der Waals surface area contributed by atoms with Crippen molar-refractivity contribution < 1.29 is 14.3 Å². The number of carbonyl (C=O) groups is 1. The first-order chi connectivity index (χ1) is 10.7. The number of amides is 1. The molecule has 1 amide bonds. The molecule has 0 aliphatic heterocycles. The quantitative estimate of drug-likeness (QED) is 0.436. The van der Waals surface area contributed by atoms with Gasteiger partial charge in [-0.05, 0) is 49.3 Å². The monoisotopic (exact) mass is 322 g/mol. The van der Waals surface area contributed by atoms with Crippen LogP contribution in [0.3, 0.4) is 0 Å². The summed E-state index contributed by atoms with van der Waals surface area (Å²) in [6.07, 6.45) is 3.99. The average molecular weight is 322 g/mol. The third-order valence-corrected chi connectivity index (χ3v) is 2.91. The van der Waals surface area contributed by atoms with Crippen molar-refractivity contribution in [3.63, 3.8) is 0 Å². The Morgan fingerprint density at radius 2 is 2.05 bits per heavy atom. The van der Waals surface area contributed by atoms with E-state index in [2.05, 4.69) is 10.6 Å². The van der Waals surface area contributed by atoms with Gasteiger partial charge in [0.05, 0.1) is 6.61 Å². The van der Waals surface area contributed by atoms with E-state index in [0.29, 0.717) is 24.9 Å². The highest BCUT2D eigenvalue weighted by Crippen LogP contribution is 2.12. The van der Waals surface area contributed by atoms with Crippen LogP contribution >= 0.6 is 12.2 Å². The third-order valence-electron chi connectivity index (χ3n) is 2.67. The molecule has 0 atom stereocenters. The van der Waals surface area contributed by atoms with Crippen molar-refractivity contribution in [1.29, 1.82) is 0 Å². The van der Waals surface area contributed by atoms with E-state index in [-0.39, 0.29) is 5.91 Å². The number of benzene rings is 1. The third kappa shape index (κ3) is 7.75. The molecule has 0 saturated heterocycles. The number of methoxy groups -OCH3 is 1. The molecule has 0 unspecified atom stereocenters. The van der Waals surface area contributed by atoms with E-state index in [1.54, 1.807) is 13.2 Å². The van der Waals surface area contributed by atoms with Gasteiger partial charge in [-0.15, -0.1) is 0 Å². The summed E-state index contributed by atoms with van der Waals surface area (Å²) in [5.41, 5.74) is 0.914. The van der Waals surface area contributed by atoms with Crippen molar-refractivity contribution in [3.8, 4) is 5.75 Å². The first kappa shape index (κ1) is 18.1. The lowest BCUT2D eigenvalue weighted by atomic mass is 10.2. The molecule has 6 heteroatoms. The van der Waals surface area contributed by atoms with Crippen LogP contribution in [-0.4, -0.2) is 37.9 Å². The molecule has 0 aromatic heterocycles. The zero-order valence-electron chi connectivity index (χ0n) is 12.9. The number of carbonyl (C=O) groups excluding carboxylic acids is 1. The SMILES string of the molecule is CCOc1ccc(/C=C/C(=O)NC(=S)NCCCOC)cc1. The molecule has 0 saturated carbocycles. The van der Waals surface area contributed by atoms with Crippen LogP contribution < -0.4 is 15.4 Å². The Morgan fingerprint density at radius 1 is 1.32 bits per heavy atom. The maximum absolute atomic E-state index is 11.7. The van der Waals surface area contributed by atoms with Crippen LogP contribution in [0.25, 0.3) is 6.08 Å². The number of hydrogen-bond donors (Lipinski definition) is 2. The standard InChI is InChI=1S/C16H22N2O3S/c1-3-21-14-8-5-13(6-9-14)7-10-15(19)18-16(22)17-11-4-12-20-2/h5-10H,3-4,11-12H2,1-2H3,(H2,17,18,19,22)/b10-7+. The van der Waals surface area contributed by atoms with Crippen molar-refractivity contribution in [2.24, 2.45) is 0 Å². The molecule has 0 spiro atoms. The van der Waals surface area contributed by atoms with Crippen LogP contribution in [-0.2, 0) is 9.53 Å². The first-order valence-electron chi connectivity index (χ1n) is 7.14. The molecule has 0 radical (unpaired) electrons. The topological polar surface area (TPSA) is 59.6 Å². The largest absolute Gasteiger partial charge is 0.494 e. The molecule has 0 aliphatic carbocycles. The maximum atomic E-state index is 11.7. The molecular weight excluding hydrogens is 300 g/mol. The van der Waals surface area contributed by atoms with Gasteiger partial charge in [0.2, 0.25) is 5.91 Å². The maximum Gasteiger partial charge on any atom is 0.250 e. The van der Waals surface area contributed by atoms with Crippen molar-refractivity contribution >= 4 is 29.3 Å². The van der Waals surface area contributed by atoms with Gasteiger partial charge in [0.25, 0.3) is 0 Å². The highest BCUT2D eigenvalue weighted by Gasteiger charge is 2.00. The summed E-state index contributed by atoms with van der Waals surface area (Å²) < 4.78 is 10.3. The second-order valence-electron chi connectivity index (χ2n) is 4.43. The Balaban J connectivity index is 2.35. The molecule has 1 aromatic rings. The molecule has 0 aliphatic rings. The van der Waals surface area contributed by atoms with Crippen LogP contribution in [0.4, 0.5) is 0 Å². The van der Waals surface area contributed by atoms with Crippen molar-refractivity contribution in [1.82, 2.24) is 10.6 Å². The lowest BCUT2D eigenvalue weighted by Gasteiger charge is -2.07. The number of rotatable bonds is 8. The van der Waals surface area contributed by atoms with Gasteiger partial charge in [0.15, 0.2) is 5.11 Å². The summed E-state index contributed by atoms with van der Waals surface area (Å²) in [5, 5.41) is 5.84. The highest BCUT2D eigenvalue weighted by atomic mass is 32.1. The van der Waals surface area contributed by atoms with Gasteiger partial charge in [-0.2, -0.15) is 0 Å². The second-order valence-corrected chi connectivity index (χ2v) is 4.84. The van der Waals surface area contributed by atoms with E-state index < -0.39 is 0 Å². The summed E-state index contributed by atoms with van der Waals surface area (Å²) in [4.78, 5) is 11.7. The lowest BCUT2D eigenvalue weighted by molar-refractivity contribution is -0.115. The van der Waals surface area contributed by atoms with E-state index in [1.807, 2.05) is 31.2 Å². The number of nitrogens with one attached hydrogen (secondary N) is 2. The number of thiocarbonyl (C=S) groups is 1. The predicted molar refractivity (Wildman–Crippen MR) is 91.9 cm³/mol. The Bertz CT molecular complexity index is 501. The molecule has 5 nitrogen and oxygen atoms in total. The lowest BCUT2D eigenvalue weighted by Crippen LogP contribution is -2.39. The van der Waals surface area contributed by atoms with Gasteiger partial charge < -0.3 is 14.8 Å². The minimum atomic E-state index is -0.266. The van der Waals surface area contributed by atoms with E-state index in [1.165, 1.54) is 6.08 Å². The van der Waals surface area contributed by atoms with Crippen molar-refractivity contribution in [2.75, 3.05) is 26.9 Å². The fourth-order valence-electron chi connectivity index (χ4n) is 1.63. The molecular formula is C16H22N2O3S. The van der Waals surface area contributed by atoms with Crippen LogP contribution in [0.2, 0.25) is 0 Å². The highest BCUT2D eigenvalue weighted by molar-refractivity contribution is 7.80. The smallest absolute Gasteiger partial charge is 0.250 e. The number of hydrogen-bond acceptors (Lipinski definition) is 4. The Morgan fingerprint density at radius 3 is 2.68 bits per heavy atom. The first-order valence-corrected chi connectivity index (χ1v) is 7.55. The fraction of sp³-hybridized carbons (Fsp3) is 0.375. The fourth-order valence-corrected chi connectivity index (χ4v) is 1.83. The van der Waals surface area contributed by atoms with Gasteiger partial charge in [-0.3, -0.25) is 10.1 Å².